The Balaban J connectivity index is 1.61. The molecule has 1 fully saturated rings. The van der Waals surface area contributed by atoms with E-state index < -0.39 is 0 Å². The number of nitrogen functional groups attached to an aromatic ring is 1. The zero-order valence-electron chi connectivity index (χ0n) is 18.3. The molecule has 2 aromatic heterocycles. The van der Waals surface area contributed by atoms with Gasteiger partial charge in [0.2, 0.25) is 5.95 Å². The smallest absolute Gasteiger partial charge is 0.327 e. The van der Waals surface area contributed by atoms with Crippen LogP contribution in [0, 0.1) is 0 Å². The molecule has 3 rings (SSSR count). The monoisotopic (exact) mass is 404 g/mol. The van der Waals surface area contributed by atoms with Gasteiger partial charge in [0, 0.05) is 44.8 Å². The zero-order valence-corrected chi connectivity index (χ0v) is 18.3. The summed E-state index contributed by atoms with van der Waals surface area (Å²) < 4.78 is 1.68. The molecule has 162 valence electrons. The Bertz CT molecular complexity index is 858. The lowest BCUT2D eigenvalue weighted by molar-refractivity contribution is 0.0614. The first-order valence-electron chi connectivity index (χ1n) is 10.8. The Kier molecular flexibility index (Phi) is 6.79. The molecule has 0 atom stereocenters. The van der Waals surface area contributed by atoms with Crippen LogP contribution in [0.5, 0.6) is 0 Å². The number of rotatable bonds is 8. The van der Waals surface area contributed by atoms with Gasteiger partial charge in [-0.3, -0.25) is 9.47 Å². The van der Waals surface area contributed by atoms with Gasteiger partial charge < -0.3 is 20.9 Å². The van der Waals surface area contributed by atoms with Crippen molar-refractivity contribution in [3.05, 3.63) is 10.5 Å². The SMILES string of the molecule is CCCCNc1nc(N)c2[nH]c(=O)n(CCCN3CCN(C(C)(C)C)CC3)c2n1. The minimum Gasteiger partial charge on any atom is -0.382 e. The predicted octanol–water partition coefficient (Wildman–Crippen LogP) is 1.72. The maximum atomic E-state index is 12.4. The van der Waals surface area contributed by atoms with Crippen LogP contribution >= 0.6 is 0 Å². The topological polar surface area (TPSA) is 108 Å². The number of nitrogens with zero attached hydrogens (tertiary/aromatic N) is 5. The number of hydrogen-bond acceptors (Lipinski definition) is 7. The number of hydrogen-bond donors (Lipinski definition) is 3. The van der Waals surface area contributed by atoms with Crippen molar-refractivity contribution in [2.45, 2.75) is 59.0 Å². The summed E-state index contributed by atoms with van der Waals surface area (Å²) in [4.78, 5) is 29.1. The molecule has 2 aromatic rings. The molecule has 0 unspecified atom stereocenters. The predicted molar refractivity (Wildman–Crippen MR) is 118 cm³/mol. The minimum absolute atomic E-state index is 0.177. The molecular formula is C20H36N8O. The normalized spacial score (nSPS) is 16.6. The van der Waals surface area contributed by atoms with Gasteiger partial charge in [-0.25, -0.2) is 4.79 Å². The molecule has 1 aliphatic rings. The fourth-order valence-electron chi connectivity index (χ4n) is 3.81. The number of anilines is 2. The Hall–Kier alpha value is -2.13. The molecule has 3 heterocycles. The van der Waals surface area contributed by atoms with Gasteiger partial charge in [0.05, 0.1) is 0 Å². The average molecular weight is 405 g/mol. The first-order valence-corrected chi connectivity index (χ1v) is 10.8. The zero-order chi connectivity index (χ0) is 21.0. The van der Waals surface area contributed by atoms with Crippen molar-refractivity contribution in [1.82, 2.24) is 29.3 Å². The highest BCUT2D eigenvalue weighted by Crippen LogP contribution is 2.18. The Morgan fingerprint density at radius 1 is 1.10 bits per heavy atom. The van der Waals surface area contributed by atoms with Crippen LogP contribution in [0.1, 0.15) is 47.0 Å². The van der Waals surface area contributed by atoms with E-state index in [-0.39, 0.29) is 11.2 Å². The third-order valence-corrected chi connectivity index (χ3v) is 5.64. The summed E-state index contributed by atoms with van der Waals surface area (Å²) in [6.07, 6.45) is 3.01. The lowest BCUT2D eigenvalue weighted by atomic mass is 10.0. The molecule has 9 nitrogen and oxygen atoms in total. The van der Waals surface area contributed by atoms with Crippen molar-refractivity contribution in [1.29, 1.82) is 0 Å². The summed E-state index contributed by atoms with van der Waals surface area (Å²) in [6.45, 7) is 15.6. The summed E-state index contributed by atoms with van der Waals surface area (Å²) in [5, 5.41) is 3.19. The lowest BCUT2D eigenvalue weighted by Crippen LogP contribution is -2.53. The maximum absolute atomic E-state index is 12.4. The lowest BCUT2D eigenvalue weighted by Gasteiger charge is -2.42. The third kappa shape index (κ3) is 5.27. The van der Waals surface area contributed by atoms with Crippen LogP contribution < -0.4 is 16.7 Å². The molecule has 1 saturated heterocycles. The number of nitrogens with two attached hydrogens (primary N) is 1. The molecule has 29 heavy (non-hydrogen) atoms. The maximum Gasteiger partial charge on any atom is 0.327 e. The largest absolute Gasteiger partial charge is 0.382 e. The molecule has 0 aromatic carbocycles. The van der Waals surface area contributed by atoms with Crippen molar-refractivity contribution in [3.8, 4) is 0 Å². The molecule has 0 bridgehead atoms. The van der Waals surface area contributed by atoms with Crippen molar-refractivity contribution < 1.29 is 0 Å². The standard InChI is InChI=1S/C20H36N8O/c1-5-6-8-22-18-24-16(21)15-17(25-18)28(19(29)23-15)10-7-9-26-11-13-27(14-12-26)20(2,3)4/h5-14H2,1-4H3,(H,23,29)(H3,21,22,24,25). The van der Waals surface area contributed by atoms with Crippen molar-refractivity contribution >= 4 is 22.9 Å². The number of fused-ring (bicyclic) bond motifs is 1. The van der Waals surface area contributed by atoms with E-state index in [9.17, 15) is 4.79 Å². The average Bonchev–Trinajstić information content (AvgIpc) is 2.98. The number of aryl methyl sites for hydroxylation is 1. The fraction of sp³-hybridized carbons (Fsp3) is 0.750. The van der Waals surface area contributed by atoms with Crippen LogP contribution in [0.2, 0.25) is 0 Å². The van der Waals surface area contributed by atoms with E-state index in [1.165, 1.54) is 0 Å². The molecule has 0 spiro atoms. The number of piperazine rings is 1. The molecule has 1 aliphatic heterocycles. The second kappa shape index (κ2) is 9.13. The highest BCUT2D eigenvalue weighted by atomic mass is 16.1. The number of nitrogens with one attached hydrogen (secondary N) is 2. The third-order valence-electron chi connectivity index (χ3n) is 5.64. The van der Waals surface area contributed by atoms with Crippen molar-refractivity contribution in [2.24, 2.45) is 0 Å². The minimum atomic E-state index is -0.177. The Morgan fingerprint density at radius 2 is 1.83 bits per heavy atom. The first kappa shape index (κ1) is 21.6. The van der Waals surface area contributed by atoms with Crippen LogP contribution in [-0.2, 0) is 6.54 Å². The quantitative estimate of drug-likeness (QED) is 0.575. The van der Waals surface area contributed by atoms with Crippen LogP contribution in [0.25, 0.3) is 11.2 Å². The molecule has 0 saturated carbocycles. The number of aromatic nitrogens is 4. The van der Waals surface area contributed by atoms with E-state index in [0.717, 1.165) is 58.5 Å². The summed E-state index contributed by atoms with van der Waals surface area (Å²) in [6, 6.07) is 0. The van der Waals surface area contributed by atoms with Gasteiger partial charge in [0.15, 0.2) is 11.5 Å². The van der Waals surface area contributed by atoms with Gasteiger partial charge >= 0.3 is 5.69 Å². The molecule has 0 radical (unpaired) electrons. The molecule has 0 amide bonds. The van der Waals surface area contributed by atoms with E-state index >= 15 is 0 Å². The molecule has 9 heteroatoms. The van der Waals surface area contributed by atoms with Gasteiger partial charge in [-0.15, -0.1) is 0 Å². The Labute approximate surface area is 172 Å². The number of H-pyrrole nitrogens is 1. The van der Waals surface area contributed by atoms with E-state index in [2.05, 4.69) is 57.8 Å². The van der Waals surface area contributed by atoms with Gasteiger partial charge in [-0.2, -0.15) is 9.97 Å². The van der Waals surface area contributed by atoms with Crippen LogP contribution in [0.4, 0.5) is 11.8 Å². The second-order valence-corrected chi connectivity index (χ2v) is 8.85. The van der Waals surface area contributed by atoms with Gasteiger partial charge in [-0.1, -0.05) is 13.3 Å². The van der Waals surface area contributed by atoms with E-state index in [0.29, 0.717) is 29.5 Å². The first-order chi connectivity index (χ1) is 13.8. The van der Waals surface area contributed by atoms with Gasteiger partial charge in [0.1, 0.15) is 5.52 Å². The Morgan fingerprint density at radius 3 is 2.48 bits per heavy atom. The number of unbranched alkanes of at least 4 members (excludes halogenated alkanes) is 1. The van der Waals surface area contributed by atoms with Gasteiger partial charge in [-0.05, 0) is 40.2 Å². The summed E-state index contributed by atoms with van der Waals surface area (Å²) in [5.74, 6) is 0.789. The summed E-state index contributed by atoms with van der Waals surface area (Å²) in [7, 11) is 0. The molecule has 0 aliphatic carbocycles. The molecular weight excluding hydrogens is 368 g/mol. The van der Waals surface area contributed by atoms with Crippen molar-refractivity contribution in [3.63, 3.8) is 0 Å². The van der Waals surface area contributed by atoms with Crippen LogP contribution in [0.3, 0.4) is 0 Å². The van der Waals surface area contributed by atoms with E-state index in [4.69, 9.17) is 5.73 Å². The second-order valence-electron chi connectivity index (χ2n) is 8.85. The number of aromatic amines is 1. The van der Waals surface area contributed by atoms with Crippen LogP contribution in [-0.4, -0.2) is 74.1 Å². The number of imidazole rings is 1. The highest BCUT2D eigenvalue weighted by Gasteiger charge is 2.25. The summed E-state index contributed by atoms with van der Waals surface area (Å²) in [5.41, 5.74) is 7.21. The summed E-state index contributed by atoms with van der Waals surface area (Å²) >= 11 is 0. The van der Waals surface area contributed by atoms with E-state index in [1.54, 1.807) is 4.57 Å². The van der Waals surface area contributed by atoms with Crippen molar-refractivity contribution in [2.75, 3.05) is 50.3 Å². The van der Waals surface area contributed by atoms with Crippen LogP contribution in [0.15, 0.2) is 4.79 Å². The fourth-order valence-corrected chi connectivity index (χ4v) is 3.81. The van der Waals surface area contributed by atoms with Gasteiger partial charge in [0.25, 0.3) is 0 Å². The highest BCUT2D eigenvalue weighted by molar-refractivity contribution is 5.82. The molecule has 4 N–H and O–H groups in total. The van der Waals surface area contributed by atoms with E-state index in [1.807, 2.05) is 0 Å².